The Labute approximate surface area is 151 Å². The molecule has 1 amide bonds. The molecule has 4 nitrogen and oxygen atoms in total. The molecule has 3 rings (SSSR count). The molecule has 0 radical (unpaired) electrons. The van der Waals surface area contributed by atoms with Gasteiger partial charge in [0.2, 0.25) is 0 Å². The number of ether oxygens (including phenoxy) is 1. The van der Waals surface area contributed by atoms with E-state index in [1.165, 1.54) is 0 Å². The van der Waals surface area contributed by atoms with Crippen molar-refractivity contribution >= 4 is 15.9 Å². The van der Waals surface area contributed by atoms with E-state index < -0.39 is 21.5 Å². The van der Waals surface area contributed by atoms with Gasteiger partial charge in [0.05, 0.1) is 6.54 Å². The molecule has 1 atom stereocenters. The summed E-state index contributed by atoms with van der Waals surface area (Å²) in [5.74, 6) is 0. The van der Waals surface area contributed by atoms with Crippen molar-refractivity contribution in [2.45, 2.75) is 37.5 Å². The Morgan fingerprint density at radius 1 is 1.00 bits per heavy atom. The quantitative estimate of drug-likeness (QED) is 0.837. The van der Waals surface area contributed by atoms with Crippen molar-refractivity contribution in [2.24, 2.45) is 0 Å². The molecule has 0 aliphatic carbocycles. The number of rotatable bonds is 5. The second kappa shape index (κ2) is 7.02. The van der Waals surface area contributed by atoms with E-state index in [1.807, 2.05) is 36.4 Å². The van der Waals surface area contributed by atoms with E-state index in [0.717, 1.165) is 11.1 Å². The third-order valence-corrected chi connectivity index (χ3v) is 5.74. The van der Waals surface area contributed by atoms with Crippen LogP contribution in [-0.4, -0.2) is 28.5 Å². The number of alkyl carbamates (subject to hydrolysis) is 1. The van der Waals surface area contributed by atoms with Gasteiger partial charge in [-0.2, -0.15) is 0 Å². The molecule has 0 unspecified atom stereocenters. The van der Waals surface area contributed by atoms with Crippen LogP contribution in [0.15, 0.2) is 60.7 Å². The highest BCUT2D eigenvalue weighted by Crippen LogP contribution is 2.41. The molecule has 1 aliphatic rings. The smallest absolute Gasteiger partial charge is 0.407 e. The van der Waals surface area contributed by atoms with E-state index in [0.29, 0.717) is 6.54 Å². The van der Waals surface area contributed by atoms with Crippen LogP contribution < -0.4 is 5.32 Å². The van der Waals surface area contributed by atoms with Crippen LogP contribution in [0, 0.1) is 0 Å². The lowest BCUT2D eigenvalue weighted by Gasteiger charge is -2.40. The van der Waals surface area contributed by atoms with Crippen LogP contribution in [0.1, 0.15) is 31.9 Å². The molecule has 1 heterocycles. The number of nitrogens with one attached hydrogen (secondary N) is 1. The molecule has 0 spiro atoms. The maximum Gasteiger partial charge on any atom is 0.407 e. The van der Waals surface area contributed by atoms with Crippen LogP contribution in [0.2, 0.25) is 5.04 Å². The van der Waals surface area contributed by atoms with Gasteiger partial charge in [-0.3, -0.25) is 0 Å². The Balaban J connectivity index is 2.14. The zero-order valence-electron chi connectivity index (χ0n) is 15.0. The predicted octanol–water partition coefficient (Wildman–Crippen LogP) is 3.36. The van der Waals surface area contributed by atoms with Gasteiger partial charge in [-0.25, -0.2) is 4.79 Å². The number of cyclic esters (lactones) is 1. The van der Waals surface area contributed by atoms with Crippen molar-refractivity contribution < 1.29 is 14.0 Å². The van der Waals surface area contributed by atoms with Gasteiger partial charge >= 0.3 is 6.09 Å². The summed E-state index contributed by atoms with van der Waals surface area (Å²) in [6.45, 7) is 7.01. The van der Waals surface area contributed by atoms with Crippen molar-refractivity contribution in [1.82, 2.24) is 5.32 Å². The Bertz CT molecular complexity index is 673. The second-order valence-corrected chi connectivity index (χ2v) is 10.3. The molecule has 1 aliphatic heterocycles. The molecule has 132 valence electrons. The summed E-state index contributed by atoms with van der Waals surface area (Å²) in [6, 6.07) is 20.2. The van der Waals surface area contributed by atoms with E-state index in [9.17, 15) is 4.79 Å². The normalized spacial score (nSPS) is 18.4. The summed E-state index contributed by atoms with van der Waals surface area (Å²) in [6.07, 6.45) is -0.790. The van der Waals surface area contributed by atoms with E-state index in [2.05, 4.69) is 50.4 Å². The summed E-state index contributed by atoms with van der Waals surface area (Å²) in [7, 11) is -0.912. The van der Waals surface area contributed by atoms with E-state index in [-0.39, 0.29) is 11.1 Å². The van der Waals surface area contributed by atoms with Gasteiger partial charge in [-0.15, -0.1) is 0 Å². The summed E-state index contributed by atoms with van der Waals surface area (Å²) in [4.78, 5) is 11.8. The van der Waals surface area contributed by atoms with Crippen LogP contribution >= 0.6 is 0 Å². The number of hydrogen-bond acceptors (Lipinski definition) is 3. The maximum absolute atomic E-state index is 11.8. The van der Waals surface area contributed by atoms with Gasteiger partial charge in [-0.1, -0.05) is 81.4 Å². The first-order chi connectivity index (χ1) is 11.9. The fourth-order valence-electron chi connectivity index (χ4n) is 3.12. The molecule has 1 saturated heterocycles. The highest BCUT2D eigenvalue weighted by molar-refractivity contribution is 6.32. The lowest BCUT2D eigenvalue weighted by atomic mass is 9.81. The summed E-state index contributed by atoms with van der Waals surface area (Å²) in [5.41, 5.74) is 1.24. The van der Waals surface area contributed by atoms with Gasteiger partial charge in [0.15, 0.2) is 15.9 Å². The van der Waals surface area contributed by atoms with Crippen molar-refractivity contribution in [3.63, 3.8) is 0 Å². The first-order valence-corrected chi connectivity index (χ1v) is 9.90. The molecule has 25 heavy (non-hydrogen) atoms. The summed E-state index contributed by atoms with van der Waals surface area (Å²) < 4.78 is 12.4. The Hall–Kier alpha value is -2.11. The fraction of sp³-hybridized carbons (Fsp3) is 0.350. The number of carbonyl (C=O) groups excluding carboxylic acids is 1. The van der Waals surface area contributed by atoms with Crippen LogP contribution in [-0.2, 0) is 14.8 Å². The monoisotopic (exact) mass is 355 g/mol. The molecule has 0 saturated carbocycles. The first-order valence-electron chi connectivity index (χ1n) is 8.61. The Kier molecular flexibility index (Phi) is 4.97. The average Bonchev–Trinajstić information content (AvgIpc) is 3.03. The minimum absolute atomic E-state index is 0.116. The molecule has 1 fully saturated rings. The van der Waals surface area contributed by atoms with Gasteiger partial charge in [0, 0.05) is 0 Å². The summed E-state index contributed by atoms with van der Waals surface area (Å²) in [5, 5.41) is 2.90. The van der Waals surface area contributed by atoms with E-state index >= 15 is 0 Å². The third kappa shape index (κ3) is 3.77. The van der Waals surface area contributed by atoms with Crippen molar-refractivity contribution in [3.8, 4) is 0 Å². The van der Waals surface area contributed by atoms with Crippen LogP contribution in [0.5, 0.6) is 0 Å². The largest absolute Gasteiger partial charge is 0.441 e. The third-order valence-electron chi connectivity index (χ3n) is 4.27. The number of hydrogen-bond donors (Lipinski definition) is 1. The first kappa shape index (κ1) is 17.7. The highest BCUT2D eigenvalue weighted by Gasteiger charge is 2.48. The van der Waals surface area contributed by atoms with Gasteiger partial charge < -0.3 is 14.5 Å². The number of amides is 1. The molecule has 0 aromatic heterocycles. The van der Waals surface area contributed by atoms with Gasteiger partial charge in [0.25, 0.3) is 0 Å². The van der Waals surface area contributed by atoms with Crippen molar-refractivity contribution in [3.05, 3.63) is 71.8 Å². The fourth-order valence-corrected chi connectivity index (χ4v) is 4.30. The highest BCUT2D eigenvalue weighted by atomic mass is 28.2. The molecule has 2 aromatic carbocycles. The molecule has 1 N–H and O–H groups in total. The van der Waals surface area contributed by atoms with Crippen LogP contribution in [0.3, 0.4) is 0 Å². The predicted molar refractivity (Wildman–Crippen MR) is 101 cm³/mol. The van der Waals surface area contributed by atoms with E-state index in [4.69, 9.17) is 9.16 Å². The minimum atomic E-state index is -0.912. The number of benzene rings is 2. The topological polar surface area (TPSA) is 47.6 Å². The maximum atomic E-state index is 11.8. The Morgan fingerprint density at radius 3 is 1.92 bits per heavy atom. The zero-order valence-corrected chi connectivity index (χ0v) is 16.4. The minimum Gasteiger partial charge on any atom is -0.441 e. The lowest BCUT2D eigenvalue weighted by molar-refractivity contribution is -0.0146. The molecule has 5 heteroatoms. The lowest BCUT2D eigenvalue weighted by Crippen LogP contribution is -2.47. The molecule has 2 aromatic rings. The van der Waals surface area contributed by atoms with E-state index in [1.54, 1.807) is 0 Å². The summed E-state index contributed by atoms with van der Waals surface area (Å²) >= 11 is 0. The molecule has 0 bridgehead atoms. The molecular formula is C20H25NO3Si. The second-order valence-electron chi connectivity index (χ2n) is 7.59. The number of carbonyl (C=O) groups is 1. The van der Waals surface area contributed by atoms with Crippen molar-refractivity contribution in [2.75, 3.05) is 6.54 Å². The van der Waals surface area contributed by atoms with Gasteiger partial charge in [-0.05, 0) is 16.2 Å². The van der Waals surface area contributed by atoms with Crippen LogP contribution in [0.25, 0.3) is 0 Å². The van der Waals surface area contributed by atoms with Crippen molar-refractivity contribution in [1.29, 1.82) is 0 Å². The standard InChI is InChI=1S/C20H25NO3Si/c1-19(2,3)25-24-20(15-10-6-4-7-11-15,16-12-8-5-9-13-16)17-14-21-18(22)23-17/h4-13,17H,14,25H2,1-3H3,(H,21,22)/t17-/m0/s1. The SMILES string of the molecule is CC(C)(C)[SiH2]OC(c1ccccc1)(c1ccccc1)[C@@H]1CNC(=O)O1. The zero-order chi connectivity index (χ0) is 17.9. The Morgan fingerprint density at radius 2 is 1.52 bits per heavy atom. The van der Waals surface area contributed by atoms with Crippen LogP contribution in [0.4, 0.5) is 4.79 Å². The molecular weight excluding hydrogens is 330 g/mol. The average molecular weight is 356 g/mol. The van der Waals surface area contributed by atoms with Gasteiger partial charge in [0.1, 0.15) is 5.60 Å².